The van der Waals surface area contributed by atoms with Gasteiger partial charge in [0.05, 0.1) is 5.52 Å². The molecule has 0 N–H and O–H groups in total. The maximum Gasteiger partial charge on any atom is 0.161 e. The van der Waals surface area contributed by atoms with Crippen LogP contribution >= 0.6 is 0 Å². The first kappa shape index (κ1) is 13.1. The molecular weight excluding hydrogens is 260 g/mol. The van der Waals surface area contributed by atoms with Crippen molar-refractivity contribution >= 4 is 16.6 Å². The monoisotopic (exact) mass is 274 g/mol. The molecule has 4 heteroatoms. The van der Waals surface area contributed by atoms with Gasteiger partial charge in [-0.1, -0.05) is 12.1 Å². The van der Waals surface area contributed by atoms with Crippen molar-refractivity contribution in [3.05, 3.63) is 54.2 Å². The molecule has 102 valence electrons. The molecule has 3 aromatic rings. The van der Waals surface area contributed by atoms with E-state index < -0.39 is 0 Å². The van der Waals surface area contributed by atoms with Gasteiger partial charge in [0.1, 0.15) is 6.07 Å². The van der Waals surface area contributed by atoms with Crippen LogP contribution in [0.2, 0.25) is 0 Å². The lowest BCUT2D eigenvalue weighted by molar-refractivity contribution is 1.13. The smallest absolute Gasteiger partial charge is 0.161 e. The van der Waals surface area contributed by atoms with E-state index in [0.717, 1.165) is 22.2 Å². The molecule has 3 rings (SSSR count). The number of rotatable bonds is 2. The van der Waals surface area contributed by atoms with Crippen LogP contribution < -0.4 is 4.90 Å². The Hall–Kier alpha value is -2.93. The van der Waals surface area contributed by atoms with E-state index in [9.17, 15) is 5.26 Å². The first-order valence-corrected chi connectivity index (χ1v) is 6.63. The molecule has 1 heterocycles. The molecule has 4 nitrogen and oxygen atoms in total. The second-order valence-corrected chi connectivity index (χ2v) is 4.97. The third kappa shape index (κ3) is 2.41. The zero-order chi connectivity index (χ0) is 14.8. The molecule has 0 spiro atoms. The van der Waals surface area contributed by atoms with Crippen molar-refractivity contribution in [1.29, 1.82) is 5.26 Å². The minimum atomic E-state index is 0.410. The Morgan fingerprint density at radius 1 is 0.952 bits per heavy atom. The minimum absolute atomic E-state index is 0.410. The van der Waals surface area contributed by atoms with Crippen molar-refractivity contribution in [1.82, 2.24) is 9.97 Å². The molecular formula is C17H14N4. The number of aromatic nitrogens is 2. The Kier molecular flexibility index (Phi) is 3.25. The predicted molar refractivity (Wildman–Crippen MR) is 84.0 cm³/mol. The number of anilines is 1. The van der Waals surface area contributed by atoms with Gasteiger partial charge in [-0.2, -0.15) is 5.26 Å². The van der Waals surface area contributed by atoms with Crippen LogP contribution in [0.5, 0.6) is 0 Å². The van der Waals surface area contributed by atoms with Gasteiger partial charge in [0.15, 0.2) is 11.5 Å². The summed E-state index contributed by atoms with van der Waals surface area (Å²) in [5.74, 6) is 0.579. The summed E-state index contributed by atoms with van der Waals surface area (Å²) < 4.78 is 0. The number of benzene rings is 2. The Bertz CT molecular complexity index is 830. The number of hydrogen-bond acceptors (Lipinski definition) is 4. The van der Waals surface area contributed by atoms with E-state index in [-0.39, 0.29) is 0 Å². The second kappa shape index (κ2) is 5.22. The van der Waals surface area contributed by atoms with Gasteiger partial charge in [0, 0.05) is 30.7 Å². The first-order valence-electron chi connectivity index (χ1n) is 6.63. The summed E-state index contributed by atoms with van der Waals surface area (Å²) in [6.45, 7) is 0. The molecule has 1 aromatic heterocycles. The molecule has 0 atom stereocenters. The fraction of sp³-hybridized carbons (Fsp3) is 0.118. The van der Waals surface area contributed by atoms with Gasteiger partial charge in [-0.15, -0.1) is 0 Å². The van der Waals surface area contributed by atoms with Gasteiger partial charge < -0.3 is 4.90 Å². The van der Waals surface area contributed by atoms with Crippen molar-refractivity contribution in [3.8, 4) is 17.5 Å². The summed E-state index contributed by atoms with van der Waals surface area (Å²) in [4.78, 5) is 11.0. The molecule has 0 aliphatic carbocycles. The van der Waals surface area contributed by atoms with Crippen LogP contribution in [0.1, 0.15) is 5.69 Å². The second-order valence-electron chi connectivity index (χ2n) is 4.97. The predicted octanol–water partition coefficient (Wildman–Crippen LogP) is 3.23. The number of para-hydroxylation sites is 1. The number of fused-ring (bicyclic) bond motifs is 1. The summed E-state index contributed by atoms with van der Waals surface area (Å²) in [6, 6.07) is 17.7. The van der Waals surface area contributed by atoms with Crippen molar-refractivity contribution in [2.75, 3.05) is 19.0 Å². The molecule has 0 aliphatic rings. The van der Waals surface area contributed by atoms with Crippen LogP contribution in [0, 0.1) is 11.3 Å². The van der Waals surface area contributed by atoms with Crippen LogP contribution in [0.25, 0.3) is 22.3 Å². The third-order valence-electron chi connectivity index (χ3n) is 3.35. The molecule has 0 saturated carbocycles. The molecule has 0 unspecified atom stereocenters. The fourth-order valence-electron chi connectivity index (χ4n) is 2.20. The SMILES string of the molecule is CN(C)c1ccc(-c2nc(C#N)c3ccccc3n2)cc1. The molecule has 0 aliphatic heterocycles. The fourth-order valence-corrected chi connectivity index (χ4v) is 2.20. The van der Waals surface area contributed by atoms with Crippen LogP contribution in [0.3, 0.4) is 0 Å². The van der Waals surface area contributed by atoms with Crippen LogP contribution in [-0.2, 0) is 0 Å². The lowest BCUT2D eigenvalue weighted by atomic mass is 10.1. The van der Waals surface area contributed by atoms with E-state index in [0.29, 0.717) is 11.5 Å². The van der Waals surface area contributed by atoms with Crippen molar-refractivity contribution in [2.45, 2.75) is 0 Å². The van der Waals surface area contributed by atoms with Crippen LogP contribution in [0.15, 0.2) is 48.5 Å². The third-order valence-corrected chi connectivity index (χ3v) is 3.35. The average Bonchev–Trinajstić information content (AvgIpc) is 2.53. The summed E-state index contributed by atoms with van der Waals surface area (Å²) in [5.41, 5.74) is 3.21. The van der Waals surface area contributed by atoms with Crippen molar-refractivity contribution in [3.63, 3.8) is 0 Å². The Labute approximate surface area is 123 Å². The zero-order valence-electron chi connectivity index (χ0n) is 11.9. The minimum Gasteiger partial charge on any atom is -0.378 e. The highest BCUT2D eigenvalue weighted by Crippen LogP contribution is 2.23. The molecule has 0 radical (unpaired) electrons. The standard InChI is InChI=1S/C17H14N4/c1-21(2)13-9-7-12(8-10-13)17-19-15-6-4-3-5-14(15)16(11-18)20-17/h3-10H,1-2H3. The Balaban J connectivity index is 2.14. The summed E-state index contributed by atoms with van der Waals surface area (Å²) >= 11 is 0. The summed E-state index contributed by atoms with van der Waals surface area (Å²) in [5, 5.41) is 10.1. The quantitative estimate of drug-likeness (QED) is 0.720. The molecule has 0 bridgehead atoms. The van der Waals surface area contributed by atoms with Crippen molar-refractivity contribution < 1.29 is 0 Å². The molecule has 0 amide bonds. The molecule has 0 saturated heterocycles. The largest absolute Gasteiger partial charge is 0.378 e. The van der Waals surface area contributed by atoms with E-state index in [4.69, 9.17) is 0 Å². The number of nitriles is 1. The van der Waals surface area contributed by atoms with Gasteiger partial charge in [0.2, 0.25) is 0 Å². The Morgan fingerprint density at radius 2 is 1.67 bits per heavy atom. The summed E-state index contributed by atoms with van der Waals surface area (Å²) in [7, 11) is 3.99. The topological polar surface area (TPSA) is 52.8 Å². The highest BCUT2D eigenvalue weighted by molar-refractivity contribution is 5.84. The van der Waals surface area contributed by atoms with Gasteiger partial charge in [-0.05, 0) is 36.4 Å². The van der Waals surface area contributed by atoms with Crippen molar-refractivity contribution in [2.24, 2.45) is 0 Å². The van der Waals surface area contributed by atoms with Gasteiger partial charge in [-0.25, -0.2) is 9.97 Å². The van der Waals surface area contributed by atoms with E-state index in [1.54, 1.807) is 0 Å². The van der Waals surface area contributed by atoms with E-state index >= 15 is 0 Å². The van der Waals surface area contributed by atoms with Gasteiger partial charge in [-0.3, -0.25) is 0 Å². The highest BCUT2D eigenvalue weighted by atomic mass is 15.1. The molecule has 21 heavy (non-hydrogen) atoms. The lowest BCUT2D eigenvalue weighted by Gasteiger charge is -2.12. The Morgan fingerprint density at radius 3 is 2.33 bits per heavy atom. The normalized spacial score (nSPS) is 10.3. The van der Waals surface area contributed by atoms with E-state index in [2.05, 4.69) is 16.0 Å². The van der Waals surface area contributed by atoms with E-state index in [1.165, 1.54) is 0 Å². The van der Waals surface area contributed by atoms with Gasteiger partial charge in [0.25, 0.3) is 0 Å². The molecule has 0 fully saturated rings. The van der Waals surface area contributed by atoms with Crippen LogP contribution in [-0.4, -0.2) is 24.1 Å². The first-order chi connectivity index (χ1) is 10.2. The lowest BCUT2D eigenvalue weighted by Crippen LogP contribution is -2.08. The number of hydrogen-bond donors (Lipinski definition) is 0. The zero-order valence-corrected chi connectivity index (χ0v) is 11.9. The molecule has 2 aromatic carbocycles. The average molecular weight is 274 g/mol. The maximum absolute atomic E-state index is 9.28. The van der Waals surface area contributed by atoms with Gasteiger partial charge >= 0.3 is 0 Å². The van der Waals surface area contributed by atoms with E-state index in [1.807, 2.05) is 67.5 Å². The highest BCUT2D eigenvalue weighted by Gasteiger charge is 2.08. The maximum atomic E-state index is 9.28. The number of nitrogens with zero attached hydrogens (tertiary/aromatic N) is 4. The van der Waals surface area contributed by atoms with Crippen LogP contribution in [0.4, 0.5) is 5.69 Å². The summed E-state index contributed by atoms with van der Waals surface area (Å²) in [6.07, 6.45) is 0.